The van der Waals surface area contributed by atoms with Crippen LogP contribution in [0.5, 0.6) is 0 Å². The number of aliphatic carboxylic acids is 1. The first-order chi connectivity index (χ1) is 10.9. The predicted octanol–water partition coefficient (Wildman–Crippen LogP) is 2.27. The number of nitrogens with one attached hydrogen (secondary N) is 2. The summed E-state index contributed by atoms with van der Waals surface area (Å²) < 4.78 is 13.5. The monoisotopic (exact) mass is 358 g/mol. The number of hydrogen-bond acceptors (Lipinski definition) is 3. The Morgan fingerprint density at radius 1 is 1.21 bits per heavy atom. The van der Waals surface area contributed by atoms with Crippen LogP contribution in [0.25, 0.3) is 0 Å². The van der Waals surface area contributed by atoms with Crippen molar-refractivity contribution < 1.29 is 23.9 Å². The highest BCUT2D eigenvalue weighted by atomic mass is 35.5. The van der Waals surface area contributed by atoms with Gasteiger partial charge in [-0.3, -0.25) is 9.59 Å². The summed E-state index contributed by atoms with van der Waals surface area (Å²) in [6.07, 6.45) is 0. The van der Waals surface area contributed by atoms with Crippen molar-refractivity contribution in [3.05, 3.63) is 34.6 Å². The lowest BCUT2D eigenvalue weighted by molar-refractivity contribution is -0.142. The number of carboxylic acids is 1. The molecule has 0 aromatic heterocycles. The second kappa shape index (κ2) is 7.61. The van der Waals surface area contributed by atoms with Crippen LogP contribution in [0, 0.1) is 11.2 Å². The molecule has 0 spiro atoms. The Kier molecular flexibility index (Phi) is 6.31. The summed E-state index contributed by atoms with van der Waals surface area (Å²) >= 11 is 5.56. The maximum absolute atomic E-state index is 13.5. The van der Waals surface area contributed by atoms with Crippen LogP contribution < -0.4 is 10.6 Å². The quantitative estimate of drug-likeness (QED) is 0.752. The van der Waals surface area contributed by atoms with Gasteiger partial charge in [0.2, 0.25) is 11.8 Å². The van der Waals surface area contributed by atoms with E-state index in [4.69, 9.17) is 11.6 Å². The summed E-state index contributed by atoms with van der Waals surface area (Å²) in [5.41, 5.74) is -0.660. The van der Waals surface area contributed by atoms with E-state index in [1.807, 2.05) is 0 Å². The van der Waals surface area contributed by atoms with Crippen LogP contribution in [0.4, 0.5) is 4.39 Å². The fourth-order valence-electron chi connectivity index (χ4n) is 1.73. The summed E-state index contributed by atoms with van der Waals surface area (Å²) in [6.45, 7) is 6.48. The Balaban J connectivity index is 2.88. The Morgan fingerprint density at radius 3 is 2.25 bits per heavy atom. The first-order valence-electron chi connectivity index (χ1n) is 7.22. The van der Waals surface area contributed by atoms with Gasteiger partial charge in [-0.25, -0.2) is 9.18 Å². The van der Waals surface area contributed by atoms with Crippen LogP contribution in [0.3, 0.4) is 0 Å². The van der Waals surface area contributed by atoms with E-state index >= 15 is 0 Å². The van der Waals surface area contributed by atoms with Crippen molar-refractivity contribution in [2.75, 3.05) is 0 Å². The second-order valence-corrected chi connectivity index (χ2v) is 6.81. The molecule has 132 valence electrons. The number of rotatable bonds is 5. The van der Waals surface area contributed by atoms with Crippen LogP contribution in [0.2, 0.25) is 5.02 Å². The van der Waals surface area contributed by atoms with Crippen LogP contribution in [0.1, 0.15) is 39.3 Å². The van der Waals surface area contributed by atoms with Crippen molar-refractivity contribution in [3.63, 3.8) is 0 Å². The molecule has 2 atom stereocenters. The first kappa shape index (κ1) is 19.9. The molecule has 1 aromatic rings. The van der Waals surface area contributed by atoms with Crippen molar-refractivity contribution in [2.45, 2.75) is 39.8 Å². The zero-order valence-electron chi connectivity index (χ0n) is 13.8. The third kappa shape index (κ3) is 5.19. The highest BCUT2D eigenvalue weighted by molar-refractivity contribution is 6.30. The molecule has 0 saturated carbocycles. The zero-order valence-corrected chi connectivity index (χ0v) is 14.6. The minimum atomic E-state index is -1.46. The number of carbonyl (C=O) groups is 3. The molecule has 1 rings (SSSR count). The molecule has 0 aliphatic heterocycles. The van der Waals surface area contributed by atoms with E-state index in [0.29, 0.717) is 0 Å². The van der Waals surface area contributed by atoms with Crippen molar-refractivity contribution >= 4 is 29.4 Å². The van der Waals surface area contributed by atoms with E-state index in [-0.39, 0.29) is 16.5 Å². The summed E-state index contributed by atoms with van der Waals surface area (Å²) in [4.78, 5) is 35.4. The molecule has 0 saturated heterocycles. The van der Waals surface area contributed by atoms with E-state index in [1.54, 1.807) is 20.8 Å². The Labute approximate surface area is 144 Å². The molecular formula is C16H20ClFN2O4. The molecule has 24 heavy (non-hydrogen) atoms. The maximum Gasteiger partial charge on any atom is 0.330 e. The number of halogens is 2. The largest absolute Gasteiger partial charge is 0.479 e. The Hall–Kier alpha value is -2.15. The Bertz CT molecular complexity index is 658. The summed E-state index contributed by atoms with van der Waals surface area (Å²) in [7, 11) is 0. The molecule has 2 amide bonds. The summed E-state index contributed by atoms with van der Waals surface area (Å²) in [6, 6.07) is 1.05. The molecule has 3 N–H and O–H groups in total. The SMILES string of the molecule is CC(NC(=O)C(C)(C)C)C(=O)NC(C(=O)O)c1ccc(Cl)c(F)c1. The summed E-state index contributed by atoms with van der Waals surface area (Å²) in [5.74, 6) is -3.20. The molecule has 1 aromatic carbocycles. The maximum atomic E-state index is 13.5. The lowest BCUT2D eigenvalue weighted by Gasteiger charge is -2.23. The van der Waals surface area contributed by atoms with Gasteiger partial charge in [0.1, 0.15) is 11.9 Å². The normalized spacial score (nSPS) is 13.8. The van der Waals surface area contributed by atoms with E-state index in [0.717, 1.165) is 6.07 Å². The number of amides is 2. The van der Waals surface area contributed by atoms with Gasteiger partial charge in [0.25, 0.3) is 0 Å². The highest BCUT2D eigenvalue weighted by Crippen LogP contribution is 2.21. The highest BCUT2D eigenvalue weighted by Gasteiger charge is 2.28. The van der Waals surface area contributed by atoms with Crippen molar-refractivity contribution in [2.24, 2.45) is 5.41 Å². The molecule has 0 bridgehead atoms. The smallest absolute Gasteiger partial charge is 0.330 e. The minimum Gasteiger partial charge on any atom is -0.479 e. The van der Waals surface area contributed by atoms with Crippen LogP contribution >= 0.6 is 11.6 Å². The first-order valence-corrected chi connectivity index (χ1v) is 7.60. The molecule has 0 heterocycles. The average Bonchev–Trinajstić information content (AvgIpc) is 2.46. The van der Waals surface area contributed by atoms with Gasteiger partial charge >= 0.3 is 5.97 Å². The van der Waals surface area contributed by atoms with Crippen LogP contribution in [-0.4, -0.2) is 28.9 Å². The van der Waals surface area contributed by atoms with E-state index < -0.39 is 35.2 Å². The van der Waals surface area contributed by atoms with Gasteiger partial charge in [0.15, 0.2) is 6.04 Å². The van der Waals surface area contributed by atoms with Crippen molar-refractivity contribution in [3.8, 4) is 0 Å². The van der Waals surface area contributed by atoms with Gasteiger partial charge in [-0.1, -0.05) is 38.4 Å². The van der Waals surface area contributed by atoms with Crippen LogP contribution in [0.15, 0.2) is 18.2 Å². The van der Waals surface area contributed by atoms with Gasteiger partial charge in [0.05, 0.1) is 5.02 Å². The van der Waals surface area contributed by atoms with Crippen LogP contribution in [-0.2, 0) is 14.4 Å². The predicted molar refractivity (Wildman–Crippen MR) is 87.0 cm³/mol. The molecule has 6 nitrogen and oxygen atoms in total. The molecular weight excluding hydrogens is 339 g/mol. The summed E-state index contributed by atoms with van der Waals surface area (Å²) in [5, 5.41) is 13.9. The lowest BCUT2D eigenvalue weighted by atomic mass is 9.95. The fraction of sp³-hybridized carbons (Fsp3) is 0.438. The molecule has 2 unspecified atom stereocenters. The zero-order chi connectivity index (χ0) is 18.7. The molecule has 0 aliphatic rings. The van der Waals surface area contributed by atoms with Crippen molar-refractivity contribution in [1.29, 1.82) is 0 Å². The average molecular weight is 359 g/mol. The molecule has 0 radical (unpaired) electrons. The van der Waals surface area contributed by atoms with Gasteiger partial charge in [-0.2, -0.15) is 0 Å². The van der Waals surface area contributed by atoms with E-state index in [1.165, 1.54) is 19.1 Å². The van der Waals surface area contributed by atoms with E-state index in [9.17, 15) is 23.9 Å². The van der Waals surface area contributed by atoms with Gasteiger partial charge in [-0.15, -0.1) is 0 Å². The van der Waals surface area contributed by atoms with Crippen molar-refractivity contribution in [1.82, 2.24) is 10.6 Å². The second-order valence-electron chi connectivity index (χ2n) is 6.40. The number of carboxylic acid groups (broad SMARTS) is 1. The van der Waals surface area contributed by atoms with Gasteiger partial charge < -0.3 is 15.7 Å². The topological polar surface area (TPSA) is 95.5 Å². The van der Waals surface area contributed by atoms with Gasteiger partial charge in [-0.05, 0) is 24.6 Å². The third-order valence-corrected chi connectivity index (χ3v) is 3.54. The molecule has 8 heteroatoms. The minimum absolute atomic E-state index is 0.0343. The number of hydrogen-bond donors (Lipinski definition) is 3. The fourth-order valence-corrected chi connectivity index (χ4v) is 1.84. The van der Waals surface area contributed by atoms with E-state index in [2.05, 4.69) is 10.6 Å². The third-order valence-electron chi connectivity index (χ3n) is 3.23. The number of benzene rings is 1. The number of carbonyl (C=O) groups excluding carboxylic acids is 2. The molecule has 0 aliphatic carbocycles. The Morgan fingerprint density at radius 2 is 1.79 bits per heavy atom. The lowest BCUT2D eigenvalue weighted by Crippen LogP contribution is -2.49. The molecule has 0 fully saturated rings. The standard InChI is InChI=1S/C16H20ClFN2O4/c1-8(19-15(24)16(2,3)4)13(21)20-12(14(22)23)9-5-6-10(17)11(18)7-9/h5-8,12H,1-4H3,(H,19,24)(H,20,21)(H,22,23). The van der Waals surface area contributed by atoms with Gasteiger partial charge in [0, 0.05) is 5.41 Å².